The third kappa shape index (κ3) is 4.72. The largest absolute Gasteiger partial charge is 0.445 e. The Morgan fingerprint density at radius 3 is 2.44 bits per heavy atom. The fourth-order valence-electron chi connectivity index (χ4n) is 2.46. The number of pyridine rings is 2. The number of nitrogens with zero attached hydrogens (tertiary/aromatic N) is 5. The molecule has 0 aromatic carbocycles. The molecular formula is C17H12F5N5O3S2. The zero-order valence-electron chi connectivity index (χ0n) is 16.2. The van der Waals surface area contributed by atoms with Crippen molar-refractivity contribution in [1.29, 1.82) is 0 Å². The van der Waals surface area contributed by atoms with Crippen molar-refractivity contribution in [3.63, 3.8) is 0 Å². The second kappa shape index (κ2) is 8.46. The van der Waals surface area contributed by atoms with Gasteiger partial charge in [0.15, 0.2) is 15.7 Å². The molecule has 8 nitrogen and oxygen atoms in total. The number of aryl methyl sites for hydroxylation is 1. The van der Waals surface area contributed by atoms with E-state index in [1.807, 2.05) is 0 Å². The molecule has 170 valence electrons. The summed E-state index contributed by atoms with van der Waals surface area (Å²) in [6.45, 7) is 1.28. The molecule has 0 atom stereocenters. The van der Waals surface area contributed by atoms with E-state index in [1.165, 1.54) is 6.92 Å². The first-order chi connectivity index (χ1) is 14.8. The van der Waals surface area contributed by atoms with Crippen LogP contribution >= 0.6 is 11.3 Å². The van der Waals surface area contributed by atoms with E-state index in [1.54, 1.807) is 0 Å². The Labute approximate surface area is 181 Å². The van der Waals surface area contributed by atoms with Gasteiger partial charge in [-0.15, -0.1) is 0 Å². The molecule has 0 aliphatic heterocycles. The number of carbonyl (C=O) groups excluding carboxylic acids is 1. The molecule has 0 fully saturated rings. The molecule has 1 amide bonds. The predicted molar refractivity (Wildman–Crippen MR) is 101 cm³/mol. The minimum absolute atomic E-state index is 0.0789. The number of amides is 1. The Kier molecular flexibility index (Phi) is 6.24. The average molecular weight is 493 g/mol. The Balaban J connectivity index is 2.16. The van der Waals surface area contributed by atoms with Gasteiger partial charge in [0.2, 0.25) is 9.81 Å². The summed E-state index contributed by atoms with van der Waals surface area (Å²) in [5.74, 6) is -3.76. The van der Waals surface area contributed by atoms with Crippen LogP contribution in [0.1, 0.15) is 22.4 Å². The average Bonchev–Trinajstić information content (AvgIpc) is 3.08. The fourth-order valence-corrected chi connectivity index (χ4v) is 4.26. The first-order valence-corrected chi connectivity index (χ1v) is 11.0. The van der Waals surface area contributed by atoms with Gasteiger partial charge in [-0.1, -0.05) is 18.3 Å². The maximum absolute atomic E-state index is 14.1. The van der Waals surface area contributed by atoms with Gasteiger partial charge < -0.3 is 0 Å². The van der Waals surface area contributed by atoms with Gasteiger partial charge in [-0.2, -0.15) is 23.3 Å². The third-order valence-electron chi connectivity index (χ3n) is 4.00. The maximum atomic E-state index is 14.1. The molecule has 3 heterocycles. The van der Waals surface area contributed by atoms with Gasteiger partial charge >= 0.3 is 6.18 Å². The van der Waals surface area contributed by atoms with Crippen molar-refractivity contribution < 1.29 is 35.2 Å². The van der Waals surface area contributed by atoms with E-state index in [9.17, 15) is 35.2 Å². The molecule has 15 heteroatoms. The number of rotatable bonds is 4. The zero-order chi connectivity index (χ0) is 23.8. The van der Waals surface area contributed by atoms with Gasteiger partial charge in [0, 0.05) is 24.9 Å². The molecule has 3 aromatic rings. The van der Waals surface area contributed by atoms with Crippen LogP contribution in [0.15, 0.2) is 34.4 Å². The minimum Gasteiger partial charge on any atom is -0.265 e. The van der Waals surface area contributed by atoms with Gasteiger partial charge in [0.25, 0.3) is 5.91 Å². The highest BCUT2D eigenvalue weighted by Crippen LogP contribution is 2.29. The van der Waals surface area contributed by atoms with Gasteiger partial charge in [0.05, 0.1) is 16.8 Å². The minimum atomic E-state index is -4.76. The van der Waals surface area contributed by atoms with Crippen molar-refractivity contribution in [2.75, 3.05) is 5.75 Å². The van der Waals surface area contributed by atoms with Crippen LogP contribution in [0, 0.1) is 11.6 Å². The van der Waals surface area contributed by atoms with Crippen LogP contribution in [0.2, 0.25) is 0 Å². The highest BCUT2D eigenvalue weighted by Gasteiger charge is 2.35. The highest BCUT2D eigenvalue weighted by atomic mass is 32.2. The van der Waals surface area contributed by atoms with E-state index >= 15 is 0 Å². The van der Waals surface area contributed by atoms with Gasteiger partial charge in [-0.3, -0.25) is 9.78 Å². The maximum Gasteiger partial charge on any atom is 0.445 e. The third-order valence-corrected chi connectivity index (χ3v) is 6.78. The van der Waals surface area contributed by atoms with Crippen LogP contribution in [-0.4, -0.2) is 39.8 Å². The molecule has 32 heavy (non-hydrogen) atoms. The molecule has 0 unspecified atom stereocenters. The lowest BCUT2D eigenvalue weighted by molar-refractivity contribution is -0.138. The zero-order valence-corrected chi connectivity index (χ0v) is 17.8. The quantitative estimate of drug-likeness (QED) is 0.518. The van der Waals surface area contributed by atoms with Crippen molar-refractivity contribution in [2.45, 2.75) is 18.0 Å². The Hall–Kier alpha value is -3.07. The molecule has 0 saturated carbocycles. The lowest BCUT2D eigenvalue weighted by Gasteiger charge is -2.09. The van der Waals surface area contributed by atoms with E-state index in [2.05, 4.69) is 20.1 Å². The van der Waals surface area contributed by atoms with Crippen molar-refractivity contribution in [3.8, 4) is 11.3 Å². The summed E-state index contributed by atoms with van der Waals surface area (Å²) >= 11 is 0.0789. The van der Waals surface area contributed by atoms with E-state index < -0.39 is 65.4 Å². The predicted octanol–water partition coefficient (Wildman–Crippen LogP) is 2.77. The number of aromatic nitrogens is 4. The monoisotopic (exact) mass is 493 g/mol. The van der Waals surface area contributed by atoms with Gasteiger partial charge in [-0.25, -0.2) is 26.9 Å². The molecule has 0 radical (unpaired) electrons. The smallest absolute Gasteiger partial charge is 0.265 e. The summed E-state index contributed by atoms with van der Waals surface area (Å²) in [5, 5.41) is 1.98. The lowest BCUT2D eigenvalue weighted by atomic mass is 10.1. The normalized spacial score (nSPS) is 12.9. The first-order valence-electron chi connectivity index (χ1n) is 8.58. The van der Waals surface area contributed by atoms with Crippen LogP contribution in [-0.2, 0) is 23.1 Å². The number of alkyl halides is 3. The van der Waals surface area contributed by atoms with Crippen molar-refractivity contribution in [1.82, 2.24) is 19.7 Å². The summed E-state index contributed by atoms with van der Waals surface area (Å²) < 4.78 is 91.5. The molecule has 0 saturated heterocycles. The summed E-state index contributed by atoms with van der Waals surface area (Å²) in [4.78, 5) is 22.4. The molecule has 0 N–H and O–H groups in total. The number of hydrogen-bond acceptors (Lipinski definition) is 7. The van der Waals surface area contributed by atoms with E-state index in [-0.39, 0.29) is 16.9 Å². The van der Waals surface area contributed by atoms with Gasteiger partial charge in [0.1, 0.15) is 17.2 Å². The Morgan fingerprint density at radius 1 is 1.19 bits per heavy atom. The number of halogens is 5. The topological polar surface area (TPSA) is 107 Å². The SMILES string of the molecule is CCS(=O)(=O)c1cc(-c2ncc(F)cc2F)cnc1C(=O)/N=c1\sc(C(F)(F)F)nn1C. The number of hydrogen-bond donors (Lipinski definition) is 0. The van der Waals surface area contributed by atoms with Crippen LogP contribution < -0.4 is 4.80 Å². The van der Waals surface area contributed by atoms with Crippen LogP contribution in [0.5, 0.6) is 0 Å². The Morgan fingerprint density at radius 2 is 1.88 bits per heavy atom. The Bertz CT molecular complexity index is 1380. The van der Waals surface area contributed by atoms with Crippen molar-refractivity contribution >= 4 is 27.1 Å². The standard InChI is InChI=1S/C17H12F5N5O3S2/c1-3-32(29,30)11-4-8(12-10(19)5-9(18)7-24-12)6-23-13(11)14(28)25-16-27(2)26-15(31-16)17(20,21)22/h4-7H,3H2,1-2H3/b25-16-. The summed E-state index contributed by atoms with van der Waals surface area (Å²) in [5.41, 5.74) is -1.25. The van der Waals surface area contributed by atoms with E-state index in [0.717, 1.165) is 19.3 Å². The van der Waals surface area contributed by atoms with Crippen LogP contribution in [0.4, 0.5) is 22.0 Å². The molecule has 0 aliphatic rings. The molecule has 3 rings (SSSR count). The number of sulfone groups is 1. The highest BCUT2D eigenvalue weighted by molar-refractivity contribution is 7.91. The summed E-state index contributed by atoms with van der Waals surface area (Å²) in [6.07, 6.45) is -3.13. The molecule has 0 bridgehead atoms. The fraction of sp³-hybridized carbons (Fsp3) is 0.235. The van der Waals surface area contributed by atoms with Crippen LogP contribution in [0.3, 0.4) is 0 Å². The van der Waals surface area contributed by atoms with Crippen LogP contribution in [0.25, 0.3) is 11.3 Å². The first kappa shape index (κ1) is 23.6. The summed E-state index contributed by atoms with van der Waals surface area (Å²) in [6, 6.07) is 1.46. The lowest BCUT2D eigenvalue weighted by Crippen LogP contribution is -2.18. The van der Waals surface area contributed by atoms with Crippen molar-refractivity contribution in [2.24, 2.45) is 12.0 Å². The molecular weight excluding hydrogens is 481 g/mol. The number of carbonyl (C=O) groups is 1. The second-order valence-electron chi connectivity index (χ2n) is 6.19. The van der Waals surface area contributed by atoms with Gasteiger partial charge in [-0.05, 0) is 6.07 Å². The molecule has 0 spiro atoms. The molecule has 3 aromatic heterocycles. The van der Waals surface area contributed by atoms with E-state index in [0.29, 0.717) is 16.9 Å². The summed E-state index contributed by atoms with van der Waals surface area (Å²) in [7, 11) is -2.99. The second-order valence-corrected chi connectivity index (χ2v) is 9.39. The molecule has 0 aliphatic carbocycles. The van der Waals surface area contributed by atoms with Crippen molar-refractivity contribution in [3.05, 3.63) is 51.7 Å². The van der Waals surface area contributed by atoms with E-state index in [4.69, 9.17) is 0 Å².